The van der Waals surface area contributed by atoms with Gasteiger partial charge in [0.2, 0.25) is 11.8 Å². The molecule has 2 heterocycles. The van der Waals surface area contributed by atoms with E-state index in [1.54, 1.807) is 18.2 Å². The van der Waals surface area contributed by atoms with Crippen LogP contribution in [0.15, 0.2) is 89.5 Å². The highest BCUT2D eigenvalue weighted by Crippen LogP contribution is 2.51. The van der Waals surface area contributed by atoms with Crippen LogP contribution in [-0.4, -0.2) is 35.2 Å². The Hall–Kier alpha value is -4.21. The number of nitrogens with one attached hydrogen (secondary N) is 1. The third-order valence-electron chi connectivity index (χ3n) is 9.16. The molecule has 0 bridgehead atoms. The Morgan fingerprint density at radius 1 is 1.05 bits per heavy atom. The van der Waals surface area contributed by atoms with E-state index >= 15 is 0 Å². The summed E-state index contributed by atoms with van der Waals surface area (Å²) in [5.41, 5.74) is 6.13. The van der Waals surface area contributed by atoms with E-state index in [-0.39, 0.29) is 29.8 Å². The lowest BCUT2D eigenvalue weighted by Crippen LogP contribution is -2.46. The van der Waals surface area contributed by atoms with Gasteiger partial charge < -0.3 is 20.1 Å². The first-order chi connectivity index (χ1) is 21.2. The fourth-order valence-corrected chi connectivity index (χ4v) is 7.07. The van der Waals surface area contributed by atoms with Crippen molar-refractivity contribution in [1.82, 2.24) is 0 Å². The van der Waals surface area contributed by atoms with Gasteiger partial charge in [0.15, 0.2) is 11.6 Å². The standard InChI is InChI=1S/C35H36BFN2O5/c1-3-22(18-23-9-15-30(40)29(37)19-23)10-16-31-32-21(2)17-27-33(28(32)20-36(43)44-31)35(42)39(34(27)41)26-13-11-25(12-14-26)38-24-7-5-4-6-8-24/h4-9,11-15,18-19,27-28,31,33,38,40,43H,3,10,16-17,20H2,1-2H3/b22-18+/t27-,28+,31-,33-/m1/s1. The molecule has 3 aliphatic rings. The number of allylic oxidation sites excluding steroid dienone is 2. The number of carbonyl (C=O) groups excluding carboxylic acids is 2. The minimum absolute atomic E-state index is 0.197. The SMILES string of the molecule is CC/C(=C\c1ccc(O)c(F)c1)CC[C@H]1OB(O)C[C@H]2C1=C(C)C[C@H]1C(=O)N(c3ccc(Nc4ccccc4)cc3)C(=O)[C@H]12. The van der Waals surface area contributed by atoms with E-state index in [0.29, 0.717) is 30.5 Å². The number of imide groups is 1. The highest BCUT2D eigenvalue weighted by Gasteiger charge is 2.57. The quantitative estimate of drug-likeness (QED) is 0.150. The van der Waals surface area contributed by atoms with Crippen molar-refractivity contribution in [3.05, 3.63) is 101 Å². The molecule has 0 saturated carbocycles. The summed E-state index contributed by atoms with van der Waals surface area (Å²) in [7, 11) is -1.04. The number of rotatable bonds is 8. The van der Waals surface area contributed by atoms with Crippen molar-refractivity contribution < 1.29 is 28.8 Å². The van der Waals surface area contributed by atoms with Crippen LogP contribution >= 0.6 is 0 Å². The van der Waals surface area contributed by atoms with Crippen molar-refractivity contribution in [2.75, 3.05) is 10.2 Å². The Bertz CT molecular complexity index is 1620. The normalized spacial score (nSPS) is 23.6. The van der Waals surface area contributed by atoms with Crippen LogP contribution in [0.1, 0.15) is 45.1 Å². The van der Waals surface area contributed by atoms with Crippen LogP contribution in [0.3, 0.4) is 0 Å². The zero-order valence-electron chi connectivity index (χ0n) is 24.9. The lowest BCUT2D eigenvalue weighted by Gasteiger charge is -2.42. The molecule has 9 heteroatoms. The summed E-state index contributed by atoms with van der Waals surface area (Å²) in [5.74, 6) is -2.79. The monoisotopic (exact) mass is 594 g/mol. The summed E-state index contributed by atoms with van der Waals surface area (Å²) in [6, 6.07) is 21.4. The summed E-state index contributed by atoms with van der Waals surface area (Å²) >= 11 is 0. The molecule has 2 amide bonds. The fourth-order valence-electron chi connectivity index (χ4n) is 7.07. The summed E-state index contributed by atoms with van der Waals surface area (Å²) in [4.78, 5) is 29.0. The van der Waals surface area contributed by atoms with Gasteiger partial charge >= 0.3 is 7.12 Å². The van der Waals surface area contributed by atoms with Gasteiger partial charge in [-0.3, -0.25) is 14.5 Å². The van der Waals surface area contributed by atoms with Gasteiger partial charge in [0, 0.05) is 11.4 Å². The average Bonchev–Trinajstić information content (AvgIpc) is 3.26. The first-order valence-electron chi connectivity index (χ1n) is 15.2. The molecule has 226 valence electrons. The molecule has 1 aliphatic carbocycles. The van der Waals surface area contributed by atoms with Crippen molar-refractivity contribution in [2.45, 2.75) is 52.0 Å². The predicted octanol–water partition coefficient (Wildman–Crippen LogP) is 6.87. The number of amides is 2. The van der Waals surface area contributed by atoms with Crippen LogP contribution in [0.25, 0.3) is 6.08 Å². The van der Waals surface area contributed by atoms with Gasteiger partial charge in [0.25, 0.3) is 0 Å². The maximum atomic E-state index is 14.0. The molecular weight excluding hydrogens is 558 g/mol. The molecule has 2 aliphatic heterocycles. The Labute approximate surface area is 257 Å². The van der Waals surface area contributed by atoms with Crippen LogP contribution in [-0.2, 0) is 14.2 Å². The number of aromatic hydroxyl groups is 1. The second-order valence-corrected chi connectivity index (χ2v) is 11.9. The maximum absolute atomic E-state index is 14.0. The number of phenols is 1. The smallest absolute Gasteiger partial charge is 0.455 e. The predicted molar refractivity (Wildman–Crippen MR) is 170 cm³/mol. The minimum atomic E-state index is -1.04. The van der Waals surface area contributed by atoms with E-state index in [1.165, 1.54) is 17.0 Å². The van der Waals surface area contributed by atoms with E-state index in [0.717, 1.165) is 34.5 Å². The molecule has 6 rings (SSSR count). The average molecular weight is 594 g/mol. The first kappa shape index (κ1) is 29.8. The number of hydrogen-bond acceptors (Lipinski definition) is 6. The molecule has 3 aromatic rings. The Kier molecular flexibility index (Phi) is 8.43. The summed E-state index contributed by atoms with van der Waals surface area (Å²) < 4.78 is 19.9. The Balaban J connectivity index is 1.20. The van der Waals surface area contributed by atoms with Crippen LogP contribution in [0.2, 0.25) is 6.32 Å². The summed E-state index contributed by atoms with van der Waals surface area (Å²) in [5, 5.41) is 23.6. The minimum Gasteiger partial charge on any atom is -0.505 e. The van der Waals surface area contributed by atoms with Crippen LogP contribution in [0, 0.1) is 23.6 Å². The van der Waals surface area contributed by atoms with Gasteiger partial charge in [0.1, 0.15) is 0 Å². The molecule has 0 radical (unpaired) electrons. The second kappa shape index (κ2) is 12.4. The number of para-hydroxylation sites is 1. The van der Waals surface area contributed by atoms with Gasteiger partial charge in [0.05, 0.1) is 23.6 Å². The van der Waals surface area contributed by atoms with Crippen molar-refractivity contribution >= 4 is 42.1 Å². The number of halogens is 1. The van der Waals surface area contributed by atoms with Crippen LogP contribution < -0.4 is 10.2 Å². The molecular formula is C35H36BFN2O5. The van der Waals surface area contributed by atoms with Crippen molar-refractivity contribution in [3.63, 3.8) is 0 Å². The molecule has 4 atom stereocenters. The molecule has 44 heavy (non-hydrogen) atoms. The number of anilines is 3. The second-order valence-electron chi connectivity index (χ2n) is 11.9. The number of hydrogen-bond donors (Lipinski definition) is 3. The van der Waals surface area contributed by atoms with Crippen LogP contribution in [0.5, 0.6) is 5.75 Å². The van der Waals surface area contributed by atoms with Gasteiger partial charge in [-0.1, -0.05) is 48.4 Å². The summed E-state index contributed by atoms with van der Waals surface area (Å²) in [6.45, 7) is 4.03. The highest BCUT2D eigenvalue weighted by molar-refractivity contribution is 6.43. The number of phenolic OH excluding ortho intramolecular Hbond substituents is 1. The van der Waals surface area contributed by atoms with Crippen LogP contribution in [0.4, 0.5) is 21.5 Å². The van der Waals surface area contributed by atoms with Gasteiger partial charge in [-0.2, -0.15) is 0 Å². The molecule has 7 nitrogen and oxygen atoms in total. The van der Waals surface area contributed by atoms with Gasteiger partial charge in [-0.15, -0.1) is 0 Å². The molecule has 0 unspecified atom stereocenters. The maximum Gasteiger partial charge on any atom is 0.455 e. The van der Waals surface area contributed by atoms with E-state index < -0.39 is 30.9 Å². The molecule has 3 aromatic carbocycles. The van der Waals surface area contributed by atoms with E-state index in [9.17, 15) is 24.1 Å². The lowest BCUT2D eigenvalue weighted by atomic mass is 9.59. The van der Waals surface area contributed by atoms with E-state index in [1.807, 2.05) is 62.4 Å². The zero-order chi connectivity index (χ0) is 31.0. The van der Waals surface area contributed by atoms with Gasteiger partial charge in [-0.25, -0.2) is 4.39 Å². The van der Waals surface area contributed by atoms with Gasteiger partial charge in [-0.05, 0) is 105 Å². The Morgan fingerprint density at radius 2 is 1.77 bits per heavy atom. The number of nitrogens with zero attached hydrogens (tertiary/aromatic N) is 1. The molecule has 3 N–H and O–H groups in total. The van der Waals surface area contributed by atoms with E-state index in [2.05, 4.69) is 5.32 Å². The third kappa shape index (κ3) is 5.82. The van der Waals surface area contributed by atoms with Crippen molar-refractivity contribution in [2.24, 2.45) is 17.8 Å². The Morgan fingerprint density at radius 3 is 2.48 bits per heavy atom. The van der Waals surface area contributed by atoms with E-state index in [4.69, 9.17) is 4.65 Å². The van der Waals surface area contributed by atoms with Crippen molar-refractivity contribution in [3.8, 4) is 5.75 Å². The third-order valence-corrected chi connectivity index (χ3v) is 9.16. The van der Waals surface area contributed by atoms with Crippen molar-refractivity contribution in [1.29, 1.82) is 0 Å². The number of carbonyl (C=O) groups is 2. The summed E-state index contributed by atoms with van der Waals surface area (Å²) in [6.07, 6.45) is 4.23. The molecule has 2 fully saturated rings. The molecule has 2 saturated heterocycles. The largest absolute Gasteiger partial charge is 0.505 e. The molecule has 0 aromatic heterocycles. The zero-order valence-corrected chi connectivity index (χ0v) is 24.9. The number of benzene rings is 3. The first-order valence-corrected chi connectivity index (χ1v) is 15.2. The fraction of sp³-hybridized carbons (Fsp3) is 0.314. The highest BCUT2D eigenvalue weighted by atomic mass is 19.1. The number of fused-ring (bicyclic) bond motifs is 3. The topological polar surface area (TPSA) is 99.1 Å². The molecule has 0 spiro atoms. The lowest BCUT2D eigenvalue weighted by molar-refractivity contribution is -0.122.